The summed E-state index contributed by atoms with van der Waals surface area (Å²) >= 11 is 1.48. The first-order chi connectivity index (χ1) is 8.11. The summed E-state index contributed by atoms with van der Waals surface area (Å²) in [5.74, 6) is -0.273. The number of thiazole rings is 1. The fourth-order valence-corrected chi connectivity index (χ4v) is 1.88. The minimum absolute atomic E-state index is 0.219. The summed E-state index contributed by atoms with van der Waals surface area (Å²) in [5.41, 5.74) is 0.731. The van der Waals surface area contributed by atoms with Gasteiger partial charge in [-0.3, -0.25) is 4.79 Å². The first-order valence-corrected chi connectivity index (χ1v) is 6.36. The van der Waals surface area contributed by atoms with E-state index in [2.05, 4.69) is 15.0 Å². The molecule has 6 heteroatoms. The lowest BCUT2D eigenvalue weighted by Crippen LogP contribution is -2.13. The fraction of sp³-hybridized carbons (Fsp3) is 0.636. The highest BCUT2D eigenvalue weighted by Crippen LogP contribution is 2.15. The van der Waals surface area contributed by atoms with Crippen LogP contribution in [0.4, 0.5) is 5.13 Å². The molecule has 5 nitrogen and oxygen atoms in total. The van der Waals surface area contributed by atoms with Crippen molar-refractivity contribution >= 4 is 22.4 Å². The van der Waals surface area contributed by atoms with Crippen LogP contribution in [-0.4, -0.2) is 37.3 Å². The molecular formula is C11H18N2O3S. The summed E-state index contributed by atoms with van der Waals surface area (Å²) in [6.07, 6.45) is 0.458. The number of esters is 1. The van der Waals surface area contributed by atoms with E-state index in [-0.39, 0.29) is 18.5 Å². The molecule has 1 aromatic rings. The third-order valence-corrected chi connectivity index (χ3v) is 2.78. The Morgan fingerprint density at radius 1 is 1.59 bits per heavy atom. The van der Waals surface area contributed by atoms with Crippen LogP contribution in [0, 0.1) is 0 Å². The Hall–Kier alpha value is -1.14. The monoisotopic (exact) mass is 258 g/mol. The Bertz CT molecular complexity index is 352. The molecule has 0 aliphatic rings. The van der Waals surface area contributed by atoms with E-state index in [9.17, 15) is 4.79 Å². The van der Waals surface area contributed by atoms with Gasteiger partial charge >= 0.3 is 5.97 Å². The first kappa shape index (κ1) is 13.9. The fourth-order valence-electron chi connectivity index (χ4n) is 1.14. The normalized spacial score (nSPS) is 10.6. The molecule has 0 spiro atoms. The lowest BCUT2D eigenvalue weighted by molar-refractivity contribution is -0.139. The molecule has 0 bridgehead atoms. The standard InChI is InChI=1S/C11H18N2O3S/c1-8(2)16-5-4-12-11-13-9(7-17-11)6-10(14)15-3/h7-8H,4-6H2,1-3H3,(H,12,13). The van der Waals surface area contributed by atoms with Gasteiger partial charge in [0.15, 0.2) is 5.13 Å². The number of methoxy groups -OCH3 is 1. The molecule has 0 unspecified atom stereocenters. The summed E-state index contributed by atoms with van der Waals surface area (Å²) in [7, 11) is 1.37. The SMILES string of the molecule is COC(=O)Cc1csc(NCCOC(C)C)n1. The molecular weight excluding hydrogens is 240 g/mol. The second-order valence-electron chi connectivity index (χ2n) is 3.74. The summed E-state index contributed by atoms with van der Waals surface area (Å²) in [5, 5.41) is 5.79. The van der Waals surface area contributed by atoms with Crippen molar-refractivity contribution in [1.82, 2.24) is 4.98 Å². The van der Waals surface area contributed by atoms with Crippen molar-refractivity contribution in [2.45, 2.75) is 26.4 Å². The van der Waals surface area contributed by atoms with E-state index >= 15 is 0 Å². The molecule has 0 amide bonds. The van der Waals surface area contributed by atoms with Crippen LogP contribution in [0.1, 0.15) is 19.5 Å². The van der Waals surface area contributed by atoms with Gasteiger partial charge in [-0.2, -0.15) is 0 Å². The molecule has 0 aromatic carbocycles. The molecule has 17 heavy (non-hydrogen) atoms. The van der Waals surface area contributed by atoms with Gasteiger partial charge in [0.2, 0.25) is 0 Å². The Balaban J connectivity index is 2.28. The van der Waals surface area contributed by atoms with E-state index in [0.717, 1.165) is 10.8 Å². The summed E-state index contributed by atoms with van der Waals surface area (Å²) in [6.45, 7) is 5.35. The van der Waals surface area contributed by atoms with Gasteiger partial charge in [0, 0.05) is 11.9 Å². The van der Waals surface area contributed by atoms with Crippen molar-refractivity contribution in [2.75, 3.05) is 25.6 Å². The van der Waals surface area contributed by atoms with Crippen molar-refractivity contribution in [3.05, 3.63) is 11.1 Å². The third kappa shape index (κ3) is 5.65. The number of carbonyl (C=O) groups excluding carboxylic acids is 1. The van der Waals surface area contributed by atoms with Crippen molar-refractivity contribution in [3.63, 3.8) is 0 Å². The maximum atomic E-state index is 11.0. The van der Waals surface area contributed by atoms with Crippen LogP contribution in [0.25, 0.3) is 0 Å². The van der Waals surface area contributed by atoms with E-state index in [1.165, 1.54) is 18.4 Å². The zero-order chi connectivity index (χ0) is 12.7. The molecule has 0 aliphatic carbocycles. The van der Waals surface area contributed by atoms with E-state index in [4.69, 9.17) is 4.74 Å². The second-order valence-corrected chi connectivity index (χ2v) is 4.60. The number of hydrogen-bond donors (Lipinski definition) is 1. The average Bonchev–Trinajstić information content (AvgIpc) is 2.72. The van der Waals surface area contributed by atoms with Gasteiger partial charge in [0.05, 0.1) is 31.9 Å². The third-order valence-electron chi connectivity index (χ3n) is 1.93. The molecule has 0 atom stereocenters. The van der Waals surface area contributed by atoms with Crippen LogP contribution in [0.2, 0.25) is 0 Å². The molecule has 0 saturated carbocycles. The van der Waals surface area contributed by atoms with Crippen LogP contribution in [0.3, 0.4) is 0 Å². The topological polar surface area (TPSA) is 60.5 Å². The minimum atomic E-state index is -0.273. The van der Waals surface area contributed by atoms with Crippen LogP contribution >= 0.6 is 11.3 Å². The Morgan fingerprint density at radius 2 is 2.35 bits per heavy atom. The van der Waals surface area contributed by atoms with Crippen molar-refractivity contribution in [3.8, 4) is 0 Å². The van der Waals surface area contributed by atoms with Gasteiger partial charge in [-0.05, 0) is 13.8 Å². The number of nitrogens with zero attached hydrogens (tertiary/aromatic N) is 1. The summed E-state index contributed by atoms with van der Waals surface area (Å²) < 4.78 is 9.97. The van der Waals surface area contributed by atoms with Crippen LogP contribution in [-0.2, 0) is 20.7 Å². The molecule has 96 valence electrons. The summed E-state index contributed by atoms with van der Waals surface area (Å²) in [6, 6.07) is 0. The van der Waals surface area contributed by atoms with Crippen LogP contribution < -0.4 is 5.32 Å². The molecule has 0 aliphatic heterocycles. The number of carbonyl (C=O) groups is 1. The smallest absolute Gasteiger partial charge is 0.311 e. The van der Waals surface area contributed by atoms with Crippen LogP contribution in [0.5, 0.6) is 0 Å². The molecule has 1 N–H and O–H groups in total. The van der Waals surface area contributed by atoms with Crippen molar-refractivity contribution < 1.29 is 14.3 Å². The predicted octanol–water partition coefficient (Wildman–Crippen LogP) is 1.70. The summed E-state index contributed by atoms with van der Waals surface area (Å²) in [4.78, 5) is 15.3. The predicted molar refractivity (Wildman–Crippen MR) is 67.4 cm³/mol. The molecule has 1 heterocycles. The Morgan fingerprint density at radius 3 is 3.00 bits per heavy atom. The number of aromatic nitrogens is 1. The minimum Gasteiger partial charge on any atom is -0.469 e. The maximum Gasteiger partial charge on any atom is 0.311 e. The average molecular weight is 258 g/mol. The number of hydrogen-bond acceptors (Lipinski definition) is 6. The first-order valence-electron chi connectivity index (χ1n) is 5.48. The van der Waals surface area contributed by atoms with Crippen LogP contribution in [0.15, 0.2) is 5.38 Å². The van der Waals surface area contributed by atoms with Gasteiger partial charge < -0.3 is 14.8 Å². The van der Waals surface area contributed by atoms with E-state index in [1.807, 2.05) is 19.2 Å². The molecule has 1 aromatic heterocycles. The highest BCUT2D eigenvalue weighted by molar-refractivity contribution is 7.13. The van der Waals surface area contributed by atoms with E-state index < -0.39 is 0 Å². The number of rotatable bonds is 7. The second kappa shape index (κ2) is 7.24. The highest BCUT2D eigenvalue weighted by atomic mass is 32.1. The number of ether oxygens (including phenoxy) is 2. The lowest BCUT2D eigenvalue weighted by Gasteiger charge is -2.07. The lowest BCUT2D eigenvalue weighted by atomic mass is 10.3. The number of nitrogens with one attached hydrogen (secondary N) is 1. The van der Waals surface area contributed by atoms with E-state index in [0.29, 0.717) is 13.2 Å². The van der Waals surface area contributed by atoms with Gasteiger partial charge in [0.25, 0.3) is 0 Å². The maximum absolute atomic E-state index is 11.0. The molecule has 0 radical (unpaired) electrons. The largest absolute Gasteiger partial charge is 0.469 e. The van der Waals surface area contributed by atoms with Gasteiger partial charge in [-0.25, -0.2) is 4.98 Å². The number of anilines is 1. The molecule has 0 fully saturated rings. The van der Waals surface area contributed by atoms with Crippen molar-refractivity contribution in [2.24, 2.45) is 0 Å². The quantitative estimate of drug-likeness (QED) is 0.596. The Labute approximate surface area is 105 Å². The zero-order valence-corrected chi connectivity index (χ0v) is 11.2. The molecule has 0 saturated heterocycles. The highest BCUT2D eigenvalue weighted by Gasteiger charge is 2.07. The van der Waals surface area contributed by atoms with Gasteiger partial charge in [-0.15, -0.1) is 11.3 Å². The molecule has 1 rings (SSSR count). The van der Waals surface area contributed by atoms with Gasteiger partial charge in [-0.1, -0.05) is 0 Å². The Kier molecular flexibility index (Phi) is 5.93. The zero-order valence-electron chi connectivity index (χ0n) is 10.4. The van der Waals surface area contributed by atoms with Gasteiger partial charge in [0.1, 0.15) is 0 Å². The van der Waals surface area contributed by atoms with Crippen molar-refractivity contribution in [1.29, 1.82) is 0 Å². The van der Waals surface area contributed by atoms with E-state index in [1.54, 1.807) is 0 Å².